The van der Waals surface area contributed by atoms with Gasteiger partial charge in [-0.25, -0.2) is 9.97 Å². The summed E-state index contributed by atoms with van der Waals surface area (Å²) in [5, 5.41) is 10.8. The van der Waals surface area contributed by atoms with Crippen molar-refractivity contribution in [3.05, 3.63) is 59.2 Å². The van der Waals surface area contributed by atoms with Crippen LogP contribution >= 0.6 is 0 Å². The molecule has 1 aliphatic heterocycles. The largest absolute Gasteiger partial charge is 0.392 e. The second-order valence-corrected chi connectivity index (χ2v) is 7.87. The highest BCUT2D eigenvalue weighted by Crippen LogP contribution is 2.46. The molecule has 0 unspecified atom stereocenters. The van der Waals surface area contributed by atoms with Gasteiger partial charge in [0.15, 0.2) is 0 Å². The molecule has 1 atom stereocenters. The zero-order valence-corrected chi connectivity index (χ0v) is 15.2. The van der Waals surface area contributed by atoms with Crippen molar-refractivity contribution in [3.8, 4) is 0 Å². The Hall–Kier alpha value is -1.78. The summed E-state index contributed by atoms with van der Waals surface area (Å²) in [6.45, 7) is 7.14. The number of piperidine rings is 1. The summed E-state index contributed by atoms with van der Waals surface area (Å²) >= 11 is 0. The number of rotatable bonds is 3. The summed E-state index contributed by atoms with van der Waals surface area (Å²) in [4.78, 5) is 11.5. The molecule has 4 rings (SSSR count). The molecule has 1 aliphatic carbocycles. The summed E-state index contributed by atoms with van der Waals surface area (Å²) in [6, 6.07) is 10.6. The van der Waals surface area contributed by atoms with E-state index < -0.39 is 0 Å². The average molecular weight is 337 g/mol. The molecule has 2 heterocycles. The monoisotopic (exact) mass is 337 g/mol. The Bertz CT molecular complexity index is 750. The van der Waals surface area contributed by atoms with Gasteiger partial charge < -0.3 is 5.11 Å². The van der Waals surface area contributed by atoms with Crippen molar-refractivity contribution in [2.75, 3.05) is 13.1 Å². The first-order chi connectivity index (χ1) is 12.1. The van der Waals surface area contributed by atoms with Crippen molar-refractivity contribution < 1.29 is 5.11 Å². The molecule has 1 N–H and O–H groups in total. The van der Waals surface area contributed by atoms with Crippen LogP contribution in [0.1, 0.15) is 55.3 Å². The Balaban J connectivity index is 1.46. The van der Waals surface area contributed by atoms with Crippen molar-refractivity contribution >= 4 is 0 Å². The fourth-order valence-corrected chi connectivity index (χ4v) is 4.49. The molecule has 4 nitrogen and oxygen atoms in total. The summed E-state index contributed by atoms with van der Waals surface area (Å²) in [7, 11) is 0. The Morgan fingerprint density at radius 2 is 1.96 bits per heavy atom. The Kier molecular flexibility index (Phi) is 4.34. The van der Waals surface area contributed by atoms with Gasteiger partial charge in [0.05, 0.1) is 11.8 Å². The molecular weight excluding hydrogens is 310 g/mol. The minimum Gasteiger partial charge on any atom is -0.392 e. The molecule has 0 radical (unpaired) electrons. The van der Waals surface area contributed by atoms with Gasteiger partial charge in [0.1, 0.15) is 5.82 Å². The van der Waals surface area contributed by atoms with Gasteiger partial charge >= 0.3 is 0 Å². The first-order valence-electron chi connectivity index (χ1n) is 9.39. The number of aromatic nitrogens is 2. The number of benzene rings is 1. The standard InChI is InChI=1S/C21H27N3O/c1-15(2)20-22-10-7-17(23-20)14-24-11-8-21(9-12-24)18-6-4-3-5-16(18)13-19(21)25/h3-7,10,15,19,25H,8-9,11-14H2,1-2H3/t19-/m0/s1. The third-order valence-corrected chi connectivity index (χ3v) is 5.99. The van der Waals surface area contributed by atoms with Crippen LogP contribution in [0.2, 0.25) is 0 Å². The SMILES string of the molecule is CC(C)c1nccc(CN2CCC3(CC2)c2ccccc2C[C@@H]3O)n1. The average Bonchev–Trinajstić information content (AvgIpc) is 2.89. The van der Waals surface area contributed by atoms with Crippen molar-refractivity contribution in [2.45, 2.75) is 57.1 Å². The second kappa shape index (κ2) is 6.50. The van der Waals surface area contributed by atoms with Gasteiger partial charge in [0, 0.05) is 24.1 Å². The summed E-state index contributed by atoms with van der Waals surface area (Å²) in [5.41, 5.74) is 3.77. The zero-order valence-electron chi connectivity index (χ0n) is 15.2. The van der Waals surface area contributed by atoms with Crippen LogP contribution in [0.4, 0.5) is 0 Å². The number of hydrogen-bond donors (Lipinski definition) is 1. The highest BCUT2D eigenvalue weighted by molar-refractivity contribution is 5.42. The van der Waals surface area contributed by atoms with Gasteiger partial charge in [0.25, 0.3) is 0 Å². The molecular formula is C21H27N3O. The molecule has 4 heteroatoms. The number of nitrogens with zero attached hydrogens (tertiary/aromatic N) is 3. The maximum Gasteiger partial charge on any atom is 0.131 e. The van der Waals surface area contributed by atoms with Gasteiger partial charge in [-0.05, 0) is 49.5 Å². The molecule has 1 aromatic carbocycles. The van der Waals surface area contributed by atoms with Crippen molar-refractivity contribution in [2.24, 2.45) is 0 Å². The second-order valence-electron chi connectivity index (χ2n) is 7.87. The smallest absolute Gasteiger partial charge is 0.131 e. The Morgan fingerprint density at radius 3 is 2.72 bits per heavy atom. The topological polar surface area (TPSA) is 49.2 Å². The minimum atomic E-state index is -0.237. The van der Waals surface area contributed by atoms with Crippen LogP contribution in [-0.2, 0) is 18.4 Å². The zero-order chi connectivity index (χ0) is 17.4. The van der Waals surface area contributed by atoms with Crippen LogP contribution in [0.25, 0.3) is 0 Å². The van der Waals surface area contributed by atoms with Crippen LogP contribution in [-0.4, -0.2) is 39.2 Å². The van der Waals surface area contributed by atoms with E-state index in [9.17, 15) is 5.11 Å². The van der Waals surface area contributed by atoms with Crippen molar-refractivity contribution in [1.29, 1.82) is 0 Å². The number of likely N-dealkylation sites (tertiary alicyclic amines) is 1. The van der Waals surface area contributed by atoms with Crippen LogP contribution in [0.15, 0.2) is 36.5 Å². The Morgan fingerprint density at radius 1 is 1.20 bits per heavy atom. The van der Waals surface area contributed by atoms with E-state index in [1.54, 1.807) is 0 Å². The van der Waals surface area contributed by atoms with Gasteiger partial charge in [-0.1, -0.05) is 38.1 Å². The lowest BCUT2D eigenvalue weighted by Crippen LogP contribution is -2.47. The van der Waals surface area contributed by atoms with Crippen LogP contribution in [0.5, 0.6) is 0 Å². The fraction of sp³-hybridized carbons (Fsp3) is 0.524. The highest BCUT2D eigenvalue weighted by Gasteiger charge is 2.47. The van der Waals surface area contributed by atoms with E-state index in [0.717, 1.165) is 50.4 Å². The van der Waals surface area contributed by atoms with E-state index in [-0.39, 0.29) is 11.5 Å². The van der Waals surface area contributed by atoms with Crippen molar-refractivity contribution in [1.82, 2.24) is 14.9 Å². The first-order valence-corrected chi connectivity index (χ1v) is 9.39. The minimum absolute atomic E-state index is 0.0398. The van der Waals surface area contributed by atoms with Crippen LogP contribution in [0, 0.1) is 0 Å². The predicted molar refractivity (Wildman–Crippen MR) is 98.5 cm³/mol. The first kappa shape index (κ1) is 16.7. The lowest BCUT2D eigenvalue weighted by molar-refractivity contribution is 0.0410. The van der Waals surface area contributed by atoms with Crippen LogP contribution in [0.3, 0.4) is 0 Å². The van der Waals surface area contributed by atoms with Gasteiger partial charge in [-0.2, -0.15) is 0 Å². The molecule has 132 valence electrons. The van der Waals surface area contributed by atoms with Crippen molar-refractivity contribution in [3.63, 3.8) is 0 Å². The van der Waals surface area contributed by atoms with E-state index >= 15 is 0 Å². The Labute approximate surface area is 149 Å². The lowest BCUT2D eigenvalue weighted by atomic mass is 9.72. The summed E-state index contributed by atoms with van der Waals surface area (Å²) in [6.07, 6.45) is 4.49. The third kappa shape index (κ3) is 2.98. The molecule has 1 spiro atoms. The number of hydrogen-bond acceptors (Lipinski definition) is 4. The maximum atomic E-state index is 10.8. The normalized spacial score (nSPS) is 22.5. The molecule has 2 aliphatic rings. The molecule has 1 fully saturated rings. The molecule has 2 aromatic rings. The van der Waals surface area contributed by atoms with E-state index in [1.807, 2.05) is 12.3 Å². The molecule has 25 heavy (non-hydrogen) atoms. The van der Waals surface area contributed by atoms with Gasteiger partial charge in [-0.3, -0.25) is 4.90 Å². The van der Waals surface area contributed by atoms with E-state index in [2.05, 4.69) is 48.0 Å². The predicted octanol–water partition coefficient (Wildman–Crippen LogP) is 3.05. The lowest BCUT2D eigenvalue weighted by Gasteiger charge is -2.42. The molecule has 0 amide bonds. The fourth-order valence-electron chi connectivity index (χ4n) is 4.49. The molecule has 0 bridgehead atoms. The van der Waals surface area contributed by atoms with Gasteiger partial charge in [0.2, 0.25) is 0 Å². The molecule has 0 saturated carbocycles. The molecule has 1 saturated heterocycles. The maximum absolute atomic E-state index is 10.8. The number of aliphatic hydroxyl groups excluding tert-OH is 1. The number of fused-ring (bicyclic) bond motifs is 2. The highest BCUT2D eigenvalue weighted by atomic mass is 16.3. The summed E-state index contributed by atoms with van der Waals surface area (Å²) in [5.74, 6) is 1.28. The van der Waals surface area contributed by atoms with Crippen LogP contribution < -0.4 is 0 Å². The summed E-state index contributed by atoms with van der Waals surface area (Å²) < 4.78 is 0. The van der Waals surface area contributed by atoms with E-state index in [1.165, 1.54) is 11.1 Å². The van der Waals surface area contributed by atoms with E-state index in [4.69, 9.17) is 4.98 Å². The van der Waals surface area contributed by atoms with E-state index in [0.29, 0.717) is 5.92 Å². The molecule has 1 aromatic heterocycles. The quantitative estimate of drug-likeness (QED) is 0.935. The van der Waals surface area contributed by atoms with Gasteiger partial charge in [-0.15, -0.1) is 0 Å². The third-order valence-electron chi connectivity index (χ3n) is 5.99. The number of aliphatic hydroxyl groups is 1.